The molecule has 1 unspecified atom stereocenters. The van der Waals surface area contributed by atoms with E-state index in [1.165, 1.54) is 12.1 Å². The number of sulfone groups is 1. The second-order valence-electron chi connectivity index (χ2n) is 6.32. The summed E-state index contributed by atoms with van der Waals surface area (Å²) in [5.41, 5.74) is 0. The monoisotopic (exact) mass is 356 g/mol. The lowest BCUT2D eigenvalue weighted by Crippen LogP contribution is -2.53. The van der Waals surface area contributed by atoms with Crippen molar-refractivity contribution in [3.8, 4) is 0 Å². The first-order valence-corrected chi connectivity index (χ1v) is 9.84. The van der Waals surface area contributed by atoms with Crippen molar-refractivity contribution in [2.45, 2.75) is 47.8 Å². The summed E-state index contributed by atoms with van der Waals surface area (Å²) in [6, 6.07) is 6.09. The number of carbonyl (C=O) groups excluding carboxylic acids is 1. The SMILES string of the molecule is O=C(NC1CCNC1)C1(S(=O)(=O)c2ccc(Cl)cc2)CCCC1. The third-order valence-corrected chi connectivity index (χ3v) is 7.63. The Morgan fingerprint density at radius 1 is 1.22 bits per heavy atom. The van der Waals surface area contributed by atoms with Gasteiger partial charge in [0.05, 0.1) is 4.90 Å². The van der Waals surface area contributed by atoms with E-state index in [0.29, 0.717) is 24.4 Å². The first-order chi connectivity index (χ1) is 11.0. The highest BCUT2D eigenvalue weighted by Crippen LogP contribution is 2.41. The zero-order valence-electron chi connectivity index (χ0n) is 12.8. The summed E-state index contributed by atoms with van der Waals surface area (Å²) in [5.74, 6) is -0.348. The molecule has 7 heteroatoms. The van der Waals surface area contributed by atoms with Crippen LogP contribution in [0.5, 0.6) is 0 Å². The van der Waals surface area contributed by atoms with Crippen LogP contribution in [0.2, 0.25) is 5.02 Å². The minimum absolute atomic E-state index is 0.0143. The molecule has 1 heterocycles. The van der Waals surface area contributed by atoms with E-state index >= 15 is 0 Å². The van der Waals surface area contributed by atoms with Crippen LogP contribution in [0.15, 0.2) is 29.2 Å². The minimum atomic E-state index is -3.75. The molecule has 126 valence electrons. The molecule has 0 bridgehead atoms. The Morgan fingerprint density at radius 3 is 2.43 bits per heavy atom. The molecule has 3 rings (SSSR count). The Morgan fingerprint density at radius 2 is 1.87 bits per heavy atom. The van der Waals surface area contributed by atoms with Crippen LogP contribution in [0, 0.1) is 0 Å². The van der Waals surface area contributed by atoms with Gasteiger partial charge >= 0.3 is 0 Å². The van der Waals surface area contributed by atoms with Gasteiger partial charge in [-0.3, -0.25) is 4.79 Å². The van der Waals surface area contributed by atoms with Crippen molar-refractivity contribution >= 4 is 27.3 Å². The molecule has 1 amide bonds. The highest BCUT2D eigenvalue weighted by molar-refractivity contribution is 7.93. The number of benzene rings is 1. The Hall–Kier alpha value is -1.11. The fourth-order valence-corrected chi connectivity index (χ4v) is 5.70. The number of rotatable bonds is 4. The van der Waals surface area contributed by atoms with E-state index in [0.717, 1.165) is 25.8 Å². The van der Waals surface area contributed by atoms with Gasteiger partial charge in [-0.1, -0.05) is 24.4 Å². The van der Waals surface area contributed by atoms with E-state index in [1.54, 1.807) is 12.1 Å². The number of nitrogens with one attached hydrogen (secondary N) is 2. The molecule has 2 N–H and O–H groups in total. The zero-order chi connectivity index (χ0) is 16.5. The van der Waals surface area contributed by atoms with Gasteiger partial charge in [0.1, 0.15) is 0 Å². The summed E-state index contributed by atoms with van der Waals surface area (Å²) in [4.78, 5) is 13.0. The molecule has 0 aromatic heterocycles. The number of hydrogen-bond donors (Lipinski definition) is 2. The molecular formula is C16H21ClN2O3S. The van der Waals surface area contributed by atoms with Crippen LogP contribution in [0.25, 0.3) is 0 Å². The van der Waals surface area contributed by atoms with Crippen molar-refractivity contribution in [1.82, 2.24) is 10.6 Å². The largest absolute Gasteiger partial charge is 0.351 e. The van der Waals surface area contributed by atoms with Crippen molar-refractivity contribution < 1.29 is 13.2 Å². The van der Waals surface area contributed by atoms with Gasteiger partial charge in [0.25, 0.3) is 0 Å². The maximum atomic E-state index is 13.2. The second-order valence-corrected chi connectivity index (χ2v) is 9.02. The first kappa shape index (κ1) is 16.7. The lowest BCUT2D eigenvalue weighted by atomic mass is 10.1. The van der Waals surface area contributed by atoms with Gasteiger partial charge in [-0.05, 0) is 50.1 Å². The molecule has 23 heavy (non-hydrogen) atoms. The summed E-state index contributed by atoms with van der Waals surface area (Å²) in [5, 5.41) is 6.60. The minimum Gasteiger partial charge on any atom is -0.351 e. The van der Waals surface area contributed by atoms with Crippen LogP contribution in [-0.4, -0.2) is 38.2 Å². The van der Waals surface area contributed by atoms with Crippen LogP contribution < -0.4 is 10.6 Å². The van der Waals surface area contributed by atoms with Gasteiger partial charge < -0.3 is 10.6 Å². The average Bonchev–Trinajstić information content (AvgIpc) is 3.19. The normalized spacial score (nSPS) is 23.8. The molecule has 1 aliphatic carbocycles. The third-order valence-electron chi connectivity index (χ3n) is 4.86. The maximum Gasteiger partial charge on any atom is 0.242 e. The second kappa shape index (κ2) is 6.42. The Kier molecular flexibility index (Phi) is 4.67. The number of hydrogen-bond acceptors (Lipinski definition) is 4. The van der Waals surface area contributed by atoms with Crippen molar-refractivity contribution in [3.05, 3.63) is 29.3 Å². The van der Waals surface area contributed by atoms with Crippen molar-refractivity contribution in [2.75, 3.05) is 13.1 Å². The smallest absolute Gasteiger partial charge is 0.242 e. The van der Waals surface area contributed by atoms with E-state index in [4.69, 9.17) is 11.6 Å². The molecule has 1 aliphatic heterocycles. The predicted molar refractivity (Wildman–Crippen MR) is 89.3 cm³/mol. The van der Waals surface area contributed by atoms with E-state index in [9.17, 15) is 13.2 Å². The molecule has 2 aliphatic rings. The lowest BCUT2D eigenvalue weighted by Gasteiger charge is -2.29. The third kappa shape index (κ3) is 2.99. The molecule has 2 fully saturated rings. The van der Waals surface area contributed by atoms with Gasteiger partial charge in [-0.15, -0.1) is 0 Å². The molecule has 0 radical (unpaired) electrons. The van der Waals surface area contributed by atoms with Gasteiger partial charge in [0, 0.05) is 17.6 Å². The summed E-state index contributed by atoms with van der Waals surface area (Å²) in [6.45, 7) is 1.55. The Balaban J connectivity index is 1.93. The van der Waals surface area contributed by atoms with Crippen LogP contribution >= 0.6 is 11.6 Å². The summed E-state index contributed by atoms with van der Waals surface area (Å²) in [7, 11) is -3.75. The maximum absolute atomic E-state index is 13.2. The molecule has 1 aromatic carbocycles. The molecule has 5 nitrogen and oxygen atoms in total. The van der Waals surface area contributed by atoms with Crippen molar-refractivity contribution in [2.24, 2.45) is 0 Å². The highest BCUT2D eigenvalue weighted by Gasteiger charge is 2.53. The van der Waals surface area contributed by atoms with E-state index in [2.05, 4.69) is 10.6 Å². The molecule has 0 spiro atoms. The summed E-state index contributed by atoms with van der Waals surface area (Å²) in [6.07, 6.45) is 3.10. The van der Waals surface area contributed by atoms with Crippen LogP contribution in [0.3, 0.4) is 0 Å². The molecule has 1 saturated heterocycles. The lowest BCUT2D eigenvalue weighted by molar-refractivity contribution is -0.124. The van der Waals surface area contributed by atoms with Gasteiger partial charge in [-0.2, -0.15) is 0 Å². The quantitative estimate of drug-likeness (QED) is 0.864. The predicted octanol–water partition coefficient (Wildman–Crippen LogP) is 1.90. The van der Waals surface area contributed by atoms with Gasteiger partial charge in [0.2, 0.25) is 5.91 Å². The van der Waals surface area contributed by atoms with Crippen molar-refractivity contribution in [3.63, 3.8) is 0 Å². The standard InChI is InChI=1S/C16H21ClN2O3S/c17-12-3-5-14(6-4-12)23(21,22)16(8-1-2-9-16)15(20)19-13-7-10-18-11-13/h3-6,13,18H,1-2,7-11H2,(H,19,20). The fraction of sp³-hybridized carbons (Fsp3) is 0.562. The van der Waals surface area contributed by atoms with Crippen LogP contribution in [0.4, 0.5) is 0 Å². The summed E-state index contributed by atoms with van der Waals surface area (Å²) < 4.78 is 25.0. The Labute approximate surface area is 141 Å². The Bertz CT molecular complexity index is 676. The van der Waals surface area contributed by atoms with Crippen LogP contribution in [-0.2, 0) is 14.6 Å². The topological polar surface area (TPSA) is 75.3 Å². The molecule has 1 saturated carbocycles. The first-order valence-electron chi connectivity index (χ1n) is 7.98. The molecule has 1 atom stereocenters. The zero-order valence-corrected chi connectivity index (χ0v) is 14.4. The number of carbonyl (C=O) groups is 1. The van der Waals surface area contributed by atoms with E-state index < -0.39 is 14.6 Å². The van der Waals surface area contributed by atoms with E-state index in [1.807, 2.05) is 0 Å². The number of amides is 1. The van der Waals surface area contributed by atoms with Crippen LogP contribution in [0.1, 0.15) is 32.1 Å². The van der Waals surface area contributed by atoms with Gasteiger partial charge in [0.15, 0.2) is 14.6 Å². The van der Waals surface area contributed by atoms with Gasteiger partial charge in [-0.25, -0.2) is 8.42 Å². The molecule has 1 aromatic rings. The van der Waals surface area contributed by atoms with Crippen molar-refractivity contribution in [1.29, 1.82) is 0 Å². The average molecular weight is 357 g/mol. The fourth-order valence-electron chi connectivity index (χ4n) is 3.50. The molecular weight excluding hydrogens is 336 g/mol. The highest BCUT2D eigenvalue weighted by atomic mass is 35.5. The van der Waals surface area contributed by atoms with E-state index in [-0.39, 0.29) is 16.8 Å². The summed E-state index contributed by atoms with van der Waals surface area (Å²) >= 11 is 5.85. The number of halogens is 1.